The fraction of sp³-hybridized carbons (Fsp3) is 0.321. The van der Waals surface area contributed by atoms with Gasteiger partial charge in [-0.15, -0.1) is 0 Å². The Morgan fingerprint density at radius 1 is 1.09 bits per heavy atom. The molecule has 2 atom stereocenters. The first kappa shape index (κ1) is 29.5. The fourth-order valence-corrected chi connectivity index (χ4v) is 5.57. The number of carbonyl (C=O) groups excluding carboxylic acids is 2. The lowest BCUT2D eigenvalue weighted by Crippen LogP contribution is -2.29. The van der Waals surface area contributed by atoms with E-state index >= 15 is 0 Å². The number of aromatic nitrogens is 6. The number of carbonyl (C=O) groups is 2. The number of amides is 2. The number of rotatable bonds is 8. The monoisotopic (exact) mass is 632 g/mol. The van der Waals surface area contributed by atoms with E-state index < -0.39 is 57.8 Å². The van der Waals surface area contributed by atoms with Gasteiger partial charge in [-0.1, -0.05) is 17.7 Å². The molecule has 1 aliphatic heterocycles. The Hall–Kier alpha value is -4.53. The fourth-order valence-electron chi connectivity index (χ4n) is 5.42. The molecule has 10 nitrogen and oxygen atoms in total. The summed E-state index contributed by atoms with van der Waals surface area (Å²) in [6.07, 6.45) is 0.352. The van der Waals surface area contributed by atoms with Crippen LogP contribution >= 0.6 is 11.6 Å². The van der Waals surface area contributed by atoms with Gasteiger partial charge in [0.1, 0.15) is 5.69 Å². The van der Waals surface area contributed by atoms with E-state index in [9.17, 15) is 31.5 Å². The summed E-state index contributed by atoms with van der Waals surface area (Å²) in [5.41, 5.74) is -2.89. The second kappa shape index (κ2) is 11.5. The average molecular weight is 633 g/mol. The minimum Gasteiger partial charge on any atom is -0.318 e. The number of hydrogen-bond acceptors (Lipinski definition) is 7. The lowest BCUT2D eigenvalue weighted by molar-refractivity contribution is -0.123. The first-order valence-electron chi connectivity index (χ1n) is 13.4. The first-order valence-corrected chi connectivity index (χ1v) is 13.8. The Bertz CT molecular complexity index is 1780. The minimum absolute atomic E-state index is 0.0620. The van der Waals surface area contributed by atoms with Gasteiger partial charge in [-0.05, 0) is 31.7 Å². The van der Waals surface area contributed by atoms with Crippen molar-refractivity contribution >= 4 is 34.9 Å². The molecular weight excluding hydrogens is 611 g/mol. The molecule has 1 aromatic carbocycles. The van der Waals surface area contributed by atoms with Gasteiger partial charge >= 0.3 is 0 Å². The molecule has 2 fully saturated rings. The highest BCUT2D eigenvalue weighted by atomic mass is 35.5. The van der Waals surface area contributed by atoms with Crippen LogP contribution < -0.4 is 10.2 Å². The molecule has 2 aliphatic rings. The van der Waals surface area contributed by atoms with E-state index in [1.54, 1.807) is 11.8 Å². The normalized spacial score (nSPS) is 17.8. The van der Waals surface area contributed by atoms with Crippen molar-refractivity contribution in [2.24, 2.45) is 11.8 Å². The van der Waals surface area contributed by atoms with Crippen LogP contribution in [-0.4, -0.2) is 48.1 Å². The Labute approximate surface area is 251 Å². The standard InChI is InChI=1S/C28H22ClF5N8O2/c1-12-26(42-9-13-2-3-16(13)28(42)44)36-6-14(38-12)10-41-11-15(7-37-41)39-27(43)23-22(25(33)34)35-8-19(40-23)20-17(24(31)32)4-5-18(29)21(20)30/h4-8,11,13,16,24-25H,2-3,9-10H2,1H3,(H,39,43)/t13-,16-/m1/s1. The molecule has 1 N–H and O–H groups in total. The lowest BCUT2D eigenvalue weighted by Gasteiger charge is -2.25. The molecule has 6 rings (SSSR count). The largest absolute Gasteiger partial charge is 0.318 e. The molecule has 1 saturated heterocycles. The zero-order chi connectivity index (χ0) is 31.3. The molecule has 16 heteroatoms. The third kappa shape index (κ3) is 5.36. The number of aryl methyl sites for hydroxylation is 1. The Morgan fingerprint density at radius 2 is 1.89 bits per heavy atom. The number of benzene rings is 1. The second-order valence-corrected chi connectivity index (χ2v) is 10.9. The van der Waals surface area contributed by atoms with Gasteiger partial charge in [-0.3, -0.25) is 29.1 Å². The number of nitrogens with zero attached hydrogens (tertiary/aromatic N) is 7. The highest BCUT2D eigenvalue weighted by molar-refractivity contribution is 6.31. The van der Waals surface area contributed by atoms with Crippen LogP contribution in [0.5, 0.6) is 0 Å². The molecule has 44 heavy (non-hydrogen) atoms. The molecule has 2 amide bonds. The molecule has 3 aromatic heterocycles. The number of alkyl halides is 4. The van der Waals surface area contributed by atoms with E-state index in [4.69, 9.17) is 11.6 Å². The molecule has 0 spiro atoms. The maximum atomic E-state index is 14.8. The predicted octanol–water partition coefficient (Wildman–Crippen LogP) is 5.78. The molecule has 1 saturated carbocycles. The van der Waals surface area contributed by atoms with Gasteiger partial charge in [-0.2, -0.15) is 5.10 Å². The van der Waals surface area contributed by atoms with Crippen LogP contribution in [-0.2, 0) is 11.3 Å². The zero-order valence-electron chi connectivity index (χ0n) is 22.8. The van der Waals surface area contributed by atoms with Crippen molar-refractivity contribution in [3.63, 3.8) is 0 Å². The third-order valence-electron chi connectivity index (χ3n) is 7.70. The van der Waals surface area contributed by atoms with Gasteiger partial charge in [0.15, 0.2) is 17.3 Å². The Morgan fingerprint density at radius 3 is 2.52 bits per heavy atom. The van der Waals surface area contributed by atoms with E-state index in [-0.39, 0.29) is 24.1 Å². The van der Waals surface area contributed by atoms with Crippen molar-refractivity contribution in [3.05, 3.63) is 76.1 Å². The van der Waals surface area contributed by atoms with Crippen LogP contribution in [0.1, 0.15) is 58.8 Å². The van der Waals surface area contributed by atoms with Crippen molar-refractivity contribution in [3.8, 4) is 11.3 Å². The summed E-state index contributed by atoms with van der Waals surface area (Å²) in [4.78, 5) is 43.6. The Balaban J connectivity index is 1.21. The van der Waals surface area contributed by atoms with Crippen molar-refractivity contribution < 1.29 is 31.5 Å². The quantitative estimate of drug-likeness (QED) is 0.245. The molecule has 0 unspecified atom stereocenters. The van der Waals surface area contributed by atoms with E-state index in [0.29, 0.717) is 35.9 Å². The number of fused-ring (bicyclic) bond motifs is 1. The summed E-state index contributed by atoms with van der Waals surface area (Å²) in [6, 6.07) is 1.80. The van der Waals surface area contributed by atoms with Crippen LogP contribution in [0.25, 0.3) is 11.3 Å². The molecule has 0 bridgehead atoms. The van der Waals surface area contributed by atoms with Crippen LogP contribution in [0.3, 0.4) is 0 Å². The van der Waals surface area contributed by atoms with Gasteiger partial charge in [0.05, 0.1) is 52.9 Å². The SMILES string of the molecule is Cc1nc(Cn2cc(NC(=O)c3nc(-c4c(C(F)F)ccc(Cl)c4F)cnc3C(F)F)cn2)cnc1N1C[C@H]2CC[C@H]2C1=O. The number of nitrogens with one attached hydrogen (secondary N) is 1. The number of anilines is 2. The summed E-state index contributed by atoms with van der Waals surface area (Å²) >= 11 is 5.76. The van der Waals surface area contributed by atoms with E-state index in [1.165, 1.54) is 23.3 Å². The summed E-state index contributed by atoms with van der Waals surface area (Å²) in [5.74, 6) is -1.41. The summed E-state index contributed by atoms with van der Waals surface area (Å²) < 4.78 is 70.9. The highest BCUT2D eigenvalue weighted by Crippen LogP contribution is 2.43. The average Bonchev–Trinajstić information content (AvgIpc) is 3.49. The van der Waals surface area contributed by atoms with E-state index in [0.717, 1.165) is 25.0 Å². The summed E-state index contributed by atoms with van der Waals surface area (Å²) in [6.45, 7) is 2.51. The van der Waals surface area contributed by atoms with Crippen molar-refractivity contribution in [1.82, 2.24) is 29.7 Å². The zero-order valence-corrected chi connectivity index (χ0v) is 23.6. The third-order valence-corrected chi connectivity index (χ3v) is 7.99. The molecular formula is C28H22ClF5N8O2. The second-order valence-electron chi connectivity index (χ2n) is 10.5. The molecule has 4 heterocycles. The predicted molar refractivity (Wildman–Crippen MR) is 147 cm³/mol. The van der Waals surface area contributed by atoms with E-state index in [1.807, 2.05) is 0 Å². The molecule has 228 valence electrons. The van der Waals surface area contributed by atoms with Crippen molar-refractivity contribution in [2.45, 2.75) is 39.2 Å². The number of hydrogen-bond donors (Lipinski definition) is 1. The lowest BCUT2D eigenvalue weighted by atomic mass is 9.76. The van der Waals surface area contributed by atoms with Gasteiger partial charge in [0, 0.05) is 29.8 Å². The van der Waals surface area contributed by atoms with Gasteiger partial charge < -0.3 is 5.32 Å². The topological polar surface area (TPSA) is 119 Å². The van der Waals surface area contributed by atoms with Crippen LogP contribution in [0.2, 0.25) is 5.02 Å². The van der Waals surface area contributed by atoms with Crippen molar-refractivity contribution in [2.75, 3.05) is 16.8 Å². The van der Waals surface area contributed by atoms with Crippen molar-refractivity contribution in [1.29, 1.82) is 0 Å². The van der Waals surface area contributed by atoms with Gasteiger partial charge in [0.2, 0.25) is 5.91 Å². The maximum Gasteiger partial charge on any atom is 0.282 e. The number of halogens is 6. The van der Waals surface area contributed by atoms with Crippen LogP contribution in [0.4, 0.5) is 33.5 Å². The van der Waals surface area contributed by atoms with E-state index in [2.05, 4.69) is 30.4 Å². The highest BCUT2D eigenvalue weighted by Gasteiger charge is 2.47. The van der Waals surface area contributed by atoms with Gasteiger partial charge in [-0.25, -0.2) is 31.9 Å². The van der Waals surface area contributed by atoms with Crippen LogP contribution in [0, 0.1) is 24.6 Å². The first-order chi connectivity index (χ1) is 21.0. The maximum absolute atomic E-state index is 14.8. The smallest absolute Gasteiger partial charge is 0.282 e. The van der Waals surface area contributed by atoms with Gasteiger partial charge in [0.25, 0.3) is 18.8 Å². The molecule has 4 aromatic rings. The molecule has 0 radical (unpaired) electrons. The summed E-state index contributed by atoms with van der Waals surface area (Å²) in [7, 11) is 0. The summed E-state index contributed by atoms with van der Waals surface area (Å²) in [5, 5.41) is 6.01. The Kier molecular flexibility index (Phi) is 7.73. The molecule has 1 aliphatic carbocycles. The minimum atomic E-state index is -3.25. The van der Waals surface area contributed by atoms with Crippen LogP contribution in [0.15, 0.2) is 36.9 Å².